The molecular formula is C25H24ClN5O4. The Hall–Kier alpha value is -4.24. The number of nitrogens with one attached hydrogen (secondary N) is 3. The molecule has 10 heteroatoms. The Kier molecular flexibility index (Phi) is 8.17. The number of amidine groups is 1. The van der Waals surface area contributed by atoms with E-state index in [1.807, 2.05) is 0 Å². The molecule has 4 N–H and O–H groups in total. The van der Waals surface area contributed by atoms with Crippen LogP contribution in [-0.4, -0.2) is 52.7 Å². The fraction of sp³-hybridized carbons (Fsp3) is 0.160. The van der Waals surface area contributed by atoms with Crippen molar-refractivity contribution in [2.24, 2.45) is 0 Å². The van der Waals surface area contributed by atoms with Crippen molar-refractivity contribution in [2.45, 2.75) is 12.8 Å². The summed E-state index contributed by atoms with van der Waals surface area (Å²) < 4.78 is 0. The lowest BCUT2D eigenvalue weighted by molar-refractivity contribution is -0.136. The molecule has 0 spiro atoms. The zero-order chi connectivity index (χ0) is 25.5. The van der Waals surface area contributed by atoms with Gasteiger partial charge < -0.3 is 20.6 Å². The van der Waals surface area contributed by atoms with Crippen molar-refractivity contribution in [1.82, 2.24) is 9.88 Å². The number of hydrogen-bond acceptors (Lipinski definition) is 5. The Balaban J connectivity index is 1.85. The third-order valence-electron chi connectivity index (χ3n) is 5.04. The summed E-state index contributed by atoms with van der Waals surface area (Å²) in [5, 5.41) is 22.8. The number of halogens is 1. The van der Waals surface area contributed by atoms with Crippen molar-refractivity contribution in [2.75, 3.05) is 24.7 Å². The average Bonchev–Trinajstić information content (AvgIpc) is 2.84. The van der Waals surface area contributed by atoms with Gasteiger partial charge in [0.2, 0.25) is 0 Å². The van der Waals surface area contributed by atoms with Crippen molar-refractivity contribution in [3.05, 3.63) is 88.1 Å². The van der Waals surface area contributed by atoms with E-state index >= 15 is 0 Å². The third-order valence-corrected chi connectivity index (χ3v) is 5.26. The summed E-state index contributed by atoms with van der Waals surface area (Å²) >= 11 is 5.84. The second-order valence-corrected chi connectivity index (χ2v) is 8.30. The molecule has 180 valence electrons. The summed E-state index contributed by atoms with van der Waals surface area (Å²) in [7, 11) is 3.52. The summed E-state index contributed by atoms with van der Waals surface area (Å²) in [5.41, 5.74) is 2.05. The Bertz CT molecular complexity index is 1260. The summed E-state index contributed by atoms with van der Waals surface area (Å²) in [5.74, 6) is -1.34. The molecule has 0 unspecified atom stereocenters. The minimum absolute atomic E-state index is 0.0974. The van der Waals surface area contributed by atoms with Gasteiger partial charge in [0.05, 0.1) is 16.3 Å². The highest BCUT2D eigenvalue weighted by Gasteiger charge is 2.17. The van der Waals surface area contributed by atoms with Crippen molar-refractivity contribution >= 4 is 46.7 Å². The van der Waals surface area contributed by atoms with Gasteiger partial charge in [0.15, 0.2) is 0 Å². The van der Waals surface area contributed by atoms with Gasteiger partial charge >= 0.3 is 5.97 Å². The molecule has 0 atom stereocenters. The highest BCUT2D eigenvalue weighted by Crippen LogP contribution is 2.22. The van der Waals surface area contributed by atoms with Gasteiger partial charge in [0.25, 0.3) is 11.8 Å². The number of benzene rings is 2. The van der Waals surface area contributed by atoms with E-state index in [0.29, 0.717) is 27.5 Å². The van der Waals surface area contributed by atoms with Gasteiger partial charge in [-0.2, -0.15) is 0 Å². The highest BCUT2D eigenvalue weighted by atomic mass is 35.5. The number of nitrogens with zero attached hydrogens (tertiary/aromatic N) is 2. The van der Waals surface area contributed by atoms with E-state index in [-0.39, 0.29) is 29.9 Å². The first-order chi connectivity index (χ1) is 16.6. The van der Waals surface area contributed by atoms with E-state index in [9.17, 15) is 14.4 Å². The molecule has 0 radical (unpaired) electrons. The molecule has 3 rings (SSSR count). The van der Waals surface area contributed by atoms with E-state index < -0.39 is 17.8 Å². The zero-order valence-corrected chi connectivity index (χ0v) is 19.9. The van der Waals surface area contributed by atoms with E-state index in [1.54, 1.807) is 73.6 Å². The first-order valence-electron chi connectivity index (χ1n) is 10.6. The molecule has 9 nitrogen and oxygen atoms in total. The third kappa shape index (κ3) is 6.87. The average molecular weight is 494 g/mol. The number of carbonyl (C=O) groups is 3. The Morgan fingerprint density at radius 2 is 1.66 bits per heavy atom. The maximum atomic E-state index is 13.0. The maximum absolute atomic E-state index is 13.0. The van der Waals surface area contributed by atoms with Crippen LogP contribution in [0.5, 0.6) is 0 Å². The smallest absolute Gasteiger partial charge is 0.303 e. The number of rotatable bonds is 8. The predicted octanol–water partition coefficient (Wildman–Crippen LogP) is 4.14. The molecule has 1 aromatic heterocycles. The standard InChI is InChI=1S/C25H24ClN5O4/c1-31(2)23(27)16-5-7-17(8-6-16)24(34)29-20-10-3-15(4-12-22(32)33)13-19(20)25(35)30-21-11-9-18(26)14-28-21/h3,5-11,13-14,27H,4,12H2,1-2H3,(H,29,34)(H,32,33)(H,28,30,35). The summed E-state index contributed by atoms with van der Waals surface area (Å²) in [6.07, 6.45) is 1.52. The molecule has 0 saturated carbocycles. The van der Waals surface area contributed by atoms with Crippen LogP contribution < -0.4 is 10.6 Å². The molecule has 0 aliphatic carbocycles. The van der Waals surface area contributed by atoms with Crippen LogP contribution in [-0.2, 0) is 11.2 Å². The van der Waals surface area contributed by atoms with Crippen LogP contribution >= 0.6 is 11.6 Å². The Morgan fingerprint density at radius 3 is 2.26 bits per heavy atom. The van der Waals surface area contributed by atoms with E-state index in [2.05, 4.69) is 15.6 Å². The number of anilines is 2. The van der Waals surface area contributed by atoms with Crippen LogP contribution in [0.3, 0.4) is 0 Å². The van der Waals surface area contributed by atoms with E-state index in [4.69, 9.17) is 22.1 Å². The van der Waals surface area contributed by atoms with Gasteiger partial charge in [-0.05, 0) is 48.4 Å². The number of aromatic nitrogens is 1. The minimum Gasteiger partial charge on any atom is -0.481 e. The van der Waals surface area contributed by atoms with Gasteiger partial charge in [-0.15, -0.1) is 0 Å². The molecule has 2 amide bonds. The van der Waals surface area contributed by atoms with Gasteiger partial charge in [0, 0.05) is 37.8 Å². The largest absolute Gasteiger partial charge is 0.481 e. The SMILES string of the molecule is CN(C)C(=N)c1ccc(C(=O)Nc2ccc(CCC(=O)O)cc2C(=O)Nc2ccc(Cl)cn2)cc1. The first-order valence-corrected chi connectivity index (χ1v) is 11.0. The molecule has 35 heavy (non-hydrogen) atoms. The molecule has 0 aliphatic rings. The summed E-state index contributed by atoms with van der Waals surface area (Å²) in [6, 6.07) is 14.4. The highest BCUT2D eigenvalue weighted by molar-refractivity contribution is 6.30. The van der Waals surface area contributed by atoms with Crippen molar-refractivity contribution in [3.8, 4) is 0 Å². The summed E-state index contributed by atoms with van der Waals surface area (Å²) in [4.78, 5) is 42.6. The van der Waals surface area contributed by atoms with Gasteiger partial charge in [-0.3, -0.25) is 19.8 Å². The Labute approximate surface area is 207 Å². The second-order valence-electron chi connectivity index (χ2n) is 7.86. The van der Waals surface area contributed by atoms with Gasteiger partial charge in [-0.25, -0.2) is 4.98 Å². The fourth-order valence-corrected chi connectivity index (χ4v) is 3.27. The molecule has 0 aliphatic heterocycles. The number of carboxylic acids is 1. The lowest BCUT2D eigenvalue weighted by atomic mass is 10.0. The number of pyridine rings is 1. The van der Waals surface area contributed by atoms with Crippen LogP contribution in [0, 0.1) is 5.41 Å². The molecule has 1 heterocycles. The van der Waals surface area contributed by atoms with Crippen LogP contribution in [0.15, 0.2) is 60.8 Å². The lowest BCUT2D eigenvalue weighted by Gasteiger charge is -2.15. The second kappa shape index (κ2) is 11.3. The number of amides is 2. The lowest BCUT2D eigenvalue weighted by Crippen LogP contribution is -2.22. The number of carboxylic acid groups (broad SMARTS) is 1. The molecule has 0 fully saturated rings. The first kappa shape index (κ1) is 25.4. The maximum Gasteiger partial charge on any atom is 0.303 e. The van der Waals surface area contributed by atoms with Crippen LogP contribution in [0.25, 0.3) is 0 Å². The number of aryl methyl sites for hydroxylation is 1. The van der Waals surface area contributed by atoms with E-state index in [0.717, 1.165) is 0 Å². The monoisotopic (exact) mass is 493 g/mol. The zero-order valence-electron chi connectivity index (χ0n) is 19.1. The van der Waals surface area contributed by atoms with Gasteiger partial charge in [0.1, 0.15) is 11.7 Å². The Morgan fingerprint density at radius 1 is 0.971 bits per heavy atom. The van der Waals surface area contributed by atoms with Crippen molar-refractivity contribution in [3.63, 3.8) is 0 Å². The fourth-order valence-electron chi connectivity index (χ4n) is 3.16. The van der Waals surface area contributed by atoms with Gasteiger partial charge in [-0.1, -0.05) is 29.8 Å². The summed E-state index contributed by atoms with van der Waals surface area (Å²) in [6.45, 7) is 0. The van der Waals surface area contributed by atoms with Crippen LogP contribution in [0.2, 0.25) is 5.02 Å². The quantitative estimate of drug-likeness (QED) is 0.275. The molecule has 0 saturated heterocycles. The number of hydrogen-bond donors (Lipinski definition) is 4. The molecule has 3 aromatic rings. The molecular weight excluding hydrogens is 470 g/mol. The topological polar surface area (TPSA) is 135 Å². The molecule has 2 aromatic carbocycles. The van der Waals surface area contributed by atoms with Crippen molar-refractivity contribution < 1.29 is 19.5 Å². The van der Waals surface area contributed by atoms with Crippen LogP contribution in [0.1, 0.15) is 38.3 Å². The van der Waals surface area contributed by atoms with Crippen LogP contribution in [0.4, 0.5) is 11.5 Å². The number of carbonyl (C=O) groups excluding carboxylic acids is 2. The predicted molar refractivity (Wildman–Crippen MR) is 135 cm³/mol. The normalized spacial score (nSPS) is 10.4. The van der Waals surface area contributed by atoms with Crippen molar-refractivity contribution in [1.29, 1.82) is 5.41 Å². The number of aliphatic carboxylic acids is 1. The minimum atomic E-state index is -0.954. The van der Waals surface area contributed by atoms with E-state index in [1.165, 1.54) is 6.20 Å². The molecule has 0 bridgehead atoms.